The lowest BCUT2D eigenvalue weighted by Gasteiger charge is -2.18. The lowest BCUT2D eigenvalue weighted by Crippen LogP contribution is -2.23. The highest BCUT2D eigenvalue weighted by Gasteiger charge is 2.26. The number of unbranched alkanes of at least 4 members (excludes halogenated alkanes) is 6. The van der Waals surface area contributed by atoms with Crippen molar-refractivity contribution in [3.8, 4) is 0 Å². The van der Waals surface area contributed by atoms with Gasteiger partial charge < -0.3 is 10.2 Å². The van der Waals surface area contributed by atoms with E-state index in [9.17, 15) is 14.4 Å². The molecule has 152 valence electrons. The second-order valence-electron chi connectivity index (χ2n) is 8.75. The molecule has 0 aromatic heterocycles. The average molecular weight is 371 g/mol. The zero-order valence-corrected chi connectivity index (χ0v) is 17.1. The Bertz CT molecular complexity index is 411. The fourth-order valence-electron chi connectivity index (χ4n) is 2.82. The van der Waals surface area contributed by atoms with Crippen molar-refractivity contribution in [2.75, 3.05) is 0 Å². The maximum absolute atomic E-state index is 11.9. The first-order chi connectivity index (χ1) is 12.0. The standard InChI is InChI=1S/C21H38O5/c1-20(2,18(23)24)15-11-7-5-9-13-17(22)14-10-6-8-12-16-21(3,4)19(25)26/h5-16H2,1-4H3,(H,23,24)(H,25,26). The third-order valence-electron chi connectivity index (χ3n) is 5.17. The topological polar surface area (TPSA) is 91.7 Å². The summed E-state index contributed by atoms with van der Waals surface area (Å²) in [4.78, 5) is 33.9. The molecular formula is C21H38O5. The van der Waals surface area contributed by atoms with Gasteiger partial charge in [0.25, 0.3) is 0 Å². The van der Waals surface area contributed by atoms with E-state index >= 15 is 0 Å². The van der Waals surface area contributed by atoms with Gasteiger partial charge in [0.2, 0.25) is 0 Å². The molecule has 0 saturated heterocycles. The van der Waals surface area contributed by atoms with Gasteiger partial charge in [-0.25, -0.2) is 0 Å². The predicted molar refractivity (Wildman–Crippen MR) is 103 cm³/mol. The maximum Gasteiger partial charge on any atom is 0.309 e. The van der Waals surface area contributed by atoms with Crippen LogP contribution in [0.4, 0.5) is 0 Å². The number of Topliss-reactive ketones (excluding diaryl/α,β-unsaturated/α-hetero) is 1. The summed E-state index contributed by atoms with van der Waals surface area (Å²) in [5.41, 5.74) is -1.31. The van der Waals surface area contributed by atoms with Gasteiger partial charge in [-0.15, -0.1) is 0 Å². The molecule has 0 aromatic carbocycles. The van der Waals surface area contributed by atoms with Crippen LogP contribution in [0.25, 0.3) is 0 Å². The number of ketones is 1. The van der Waals surface area contributed by atoms with Gasteiger partial charge in [0.05, 0.1) is 10.8 Å². The molecule has 0 radical (unpaired) electrons. The van der Waals surface area contributed by atoms with Gasteiger partial charge in [-0.05, 0) is 53.4 Å². The highest BCUT2D eigenvalue weighted by Crippen LogP contribution is 2.25. The molecule has 0 bridgehead atoms. The Morgan fingerprint density at radius 3 is 1.19 bits per heavy atom. The minimum absolute atomic E-state index is 0.307. The monoisotopic (exact) mass is 370 g/mol. The molecular weight excluding hydrogens is 332 g/mol. The molecule has 0 aliphatic carbocycles. The number of hydrogen-bond acceptors (Lipinski definition) is 3. The zero-order chi connectivity index (χ0) is 20.2. The predicted octanol–water partition coefficient (Wildman–Crippen LogP) is 5.46. The van der Waals surface area contributed by atoms with Crippen molar-refractivity contribution < 1.29 is 24.6 Å². The minimum Gasteiger partial charge on any atom is -0.481 e. The van der Waals surface area contributed by atoms with Crippen LogP contribution in [0, 0.1) is 10.8 Å². The maximum atomic E-state index is 11.9. The number of carboxylic acid groups (broad SMARTS) is 2. The van der Waals surface area contributed by atoms with Crippen LogP contribution in [-0.2, 0) is 14.4 Å². The van der Waals surface area contributed by atoms with Crippen molar-refractivity contribution >= 4 is 17.7 Å². The Hall–Kier alpha value is -1.39. The summed E-state index contributed by atoms with van der Waals surface area (Å²) in [6.07, 6.45) is 10.1. The largest absolute Gasteiger partial charge is 0.481 e. The molecule has 26 heavy (non-hydrogen) atoms. The van der Waals surface area contributed by atoms with E-state index in [-0.39, 0.29) is 0 Å². The van der Waals surface area contributed by atoms with Crippen LogP contribution >= 0.6 is 0 Å². The van der Waals surface area contributed by atoms with E-state index in [0.29, 0.717) is 31.5 Å². The van der Waals surface area contributed by atoms with E-state index in [2.05, 4.69) is 0 Å². The first kappa shape index (κ1) is 24.6. The average Bonchev–Trinajstić information content (AvgIpc) is 2.53. The van der Waals surface area contributed by atoms with Crippen LogP contribution in [0.1, 0.15) is 105 Å². The Balaban J connectivity index is 3.56. The molecule has 0 aliphatic rings. The normalized spacial score (nSPS) is 12.2. The van der Waals surface area contributed by atoms with E-state index in [1.54, 1.807) is 27.7 Å². The van der Waals surface area contributed by atoms with E-state index in [1.165, 1.54) is 0 Å². The molecule has 5 heteroatoms. The van der Waals surface area contributed by atoms with E-state index in [0.717, 1.165) is 51.4 Å². The van der Waals surface area contributed by atoms with Crippen LogP contribution in [0.2, 0.25) is 0 Å². The Labute approximate surface area is 158 Å². The molecule has 0 heterocycles. The third kappa shape index (κ3) is 11.3. The number of carbonyl (C=O) groups excluding carboxylic acids is 1. The van der Waals surface area contributed by atoms with Gasteiger partial charge >= 0.3 is 11.9 Å². The molecule has 2 N–H and O–H groups in total. The summed E-state index contributed by atoms with van der Waals surface area (Å²) in [6, 6.07) is 0. The van der Waals surface area contributed by atoms with E-state index in [1.807, 2.05) is 0 Å². The molecule has 0 spiro atoms. The summed E-state index contributed by atoms with van der Waals surface area (Å²) in [5.74, 6) is -1.19. The van der Waals surface area contributed by atoms with Crippen molar-refractivity contribution in [1.29, 1.82) is 0 Å². The smallest absolute Gasteiger partial charge is 0.309 e. The summed E-state index contributed by atoms with van der Waals surface area (Å²) in [5, 5.41) is 18.1. The fraction of sp³-hybridized carbons (Fsp3) is 0.857. The van der Waals surface area contributed by atoms with Gasteiger partial charge in [-0.2, -0.15) is 0 Å². The first-order valence-electron chi connectivity index (χ1n) is 9.97. The second-order valence-corrected chi connectivity index (χ2v) is 8.75. The molecule has 0 unspecified atom stereocenters. The molecule has 0 amide bonds. The Morgan fingerprint density at radius 1 is 0.577 bits per heavy atom. The van der Waals surface area contributed by atoms with E-state index in [4.69, 9.17) is 10.2 Å². The van der Waals surface area contributed by atoms with Crippen molar-refractivity contribution in [2.45, 2.75) is 105 Å². The van der Waals surface area contributed by atoms with Crippen molar-refractivity contribution in [3.05, 3.63) is 0 Å². The van der Waals surface area contributed by atoms with Gasteiger partial charge in [-0.3, -0.25) is 14.4 Å². The number of carbonyl (C=O) groups is 3. The summed E-state index contributed by atoms with van der Waals surface area (Å²) in [6.45, 7) is 7.01. The van der Waals surface area contributed by atoms with Crippen molar-refractivity contribution in [1.82, 2.24) is 0 Å². The van der Waals surface area contributed by atoms with Crippen LogP contribution < -0.4 is 0 Å². The van der Waals surface area contributed by atoms with Crippen molar-refractivity contribution in [3.63, 3.8) is 0 Å². The Morgan fingerprint density at radius 2 is 0.885 bits per heavy atom. The highest BCUT2D eigenvalue weighted by atomic mass is 16.4. The van der Waals surface area contributed by atoms with Gasteiger partial charge in [-0.1, -0.05) is 38.5 Å². The number of carboxylic acids is 2. The summed E-state index contributed by atoms with van der Waals surface area (Å²) < 4.78 is 0. The van der Waals surface area contributed by atoms with Crippen LogP contribution in [0.5, 0.6) is 0 Å². The molecule has 0 saturated carbocycles. The van der Waals surface area contributed by atoms with Crippen LogP contribution in [0.15, 0.2) is 0 Å². The van der Waals surface area contributed by atoms with Crippen LogP contribution in [-0.4, -0.2) is 27.9 Å². The molecule has 0 atom stereocenters. The van der Waals surface area contributed by atoms with Gasteiger partial charge in [0.15, 0.2) is 0 Å². The lowest BCUT2D eigenvalue weighted by molar-refractivity contribution is -0.148. The zero-order valence-electron chi connectivity index (χ0n) is 17.1. The van der Waals surface area contributed by atoms with E-state index < -0.39 is 22.8 Å². The minimum atomic E-state index is -0.751. The second kappa shape index (κ2) is 12.1. The third-order valence-corrected chi connectivity index (χ3v) is 5.17. The highest BCUT2D eigenvalue weighted by molar-refractivity contribution is 5.78. The summed E-state index contributed by atoms with van der Waals surface area (Å²) in [7, 11) is 0. The fourth-order valence-corrected chi connectivity index (χ4v) is 2.82. The molecule has 0 aromatic rings. The SMILES string of the molecule is CC(C)(CCCCCCC(=O)CCCCCCC(C)(C)C(=O)O)C(=O)O. The van der Waals surface area contributed by atoms with Gasteiger partial charge in [0.1, 0.15) is 5.78 Å². The lowest BCUT2D eigenvalue weighted by atomic mass is 9.87. The number of rotatable bonds is 16. The molecule has 0 rings (SSSR count). The molecule has 5 nitrogen and oxygen atoms in total. The van der Waals surface area contributed by atoms with Crippen molar-refractivity contribution in [2.24, 2.45) is 10.8 Å². The number of hydrogen-bond donors (Lipinski definition) is 2. The molecule has 0 fully saturated rings. The number of aliphatic carboxylic acids is 2. The van der Waals surface area contributed by atoms with Crippen LogP contribution in [0.3, 0.4) is 0 Å². The van der Waals surface area contributed by atoms with Gasteiger partial charge in [0, 0.05) is 12.8 Å². The molecule has 0 aliphatic heterocycles. The Kier molecular flexibility index (Phi) is 11.4. The quantitative estimate of drug-likeness (QED) is 0.352. The summed E-state index contributed by atoms with van der Waals surface area (Å²) >= 11 is 0. The first-order valence-corrected chi connectivity index (χ1v) is 9.97.